The second kappa shape index (κ2) is 5.88. The van der Waals surface area contributed by atoms with Crippen molar-refractivity contribution in [3.63, 3.8) is 0 Å². The van der Waals surface area contributed by atoms with Gasteiger partial charge in [0.05, 0.1) is 11.5 Å². The quantitative estimate of drug-likeness (QED) is 0.827. The molecule has 0 aromatic heterocycles. The van der Waals surface area contributed by atoms with E-state index in [0.717, 1.165) is 32.6 Å². The average molecular weight is 274 g/mol. The van der Waals surface area contributed by atoms with Gasteiger partial charge in [-0.2, -0.15) is 0 Å². The summed E-state index contributed by atoms with van der Waals surface area (Å²) in [6.45, 7) is 3.82. The van der Waals surface area contributed by atoms with E-state index in [9.17, 15) is 8.42 Å². The van der Waals surface area contributed by atoms with E-state index >= 15 is 0 Å². The number of hydrogen-bond donors (Lipinski definition) is 1. The second-order valence-electron chi connectivity index (χ2n) is 6.02. The Bertz CT molecular complexity index is 361. The molecule has 0 unspecified atom stereocenters. The zero-order valence-corrected chi connectivity index (χ0v) is 12.3. The summed E-state index contributed by atoms with van der Waals surface area (Å²) in [4.78, 5) is 2.38. The molecule has 0 amide bonds. The lowest BCUT2D eigenvalue weighted by molar-refractivity contribution is 0.159. The molecule has 0 radical (unpaired) electrons. The highest BCUT2D eigenvalue weighted by atomic mass is 32.2. The van der Waals surface area contributed by atoms with Gasteiger partial charge in [0.2, 0.25) is 0 Å². The molecule has 2 rings (SSSR count). The van der Waals surface area contributed by atoms with E-state index in [0.29, 0.717) is 16.9 Å². The first-order chi connectivity index (χ1) is 8.55. The summed E-state index contributed by atoms with van der Waals surface area (Å²) < 4.78 is 23.2. The molecule has 2 aliphatic rings. The van der Waals surface area contributed by atoms with Crippen LogP contribution in [0.15, 0.2) is 0 Å². The van der Waals surface area contributed by atoms with Gasteiger partial charge >= 0.3 is 0 Å². The highest BCUT2D eigenvalue weighted by Crippen LogP contribution is 2.38. The third kappa shape index (κ3) is 3.68. The van der Waals surface area contributed by atoms with Gasteiger partial charge in [-0.25, -0.2) is 8.42 Å². The largest absolute Gasteiger partial charge is 0.319 e. The molecule has 1 saturated carbocycles. The average Bonchev–Trinajstić information content (AvgIpc) is 2.68. The van der Waals surface area contributed by atoms with Gasteiger partial charge in [0.15, 0.2) is 9.84 Å². The minimum absolute atomic E-state index is 0.350. The van der Waals surface area contributed by atoms with E-state index in [1.165, 1.54) is 25.7 Å². The molecule has 0 bridgehead atoms. The van der Waals surface area contributed by atoms with Crippen molar-refractivity contribution >= 4 is 9.84 Å². The second-order valence-corrected chi connectivity index (χ2v) is 8.32. The molecular weight excluding hydrogens is 248 g/mol. The molecule has 0 aromatic rings. The minimum atomic E-state index is -2.78. The smallest absolute Gasteiger partial charge is 0.151 e. The molecule has 1 heterocycles. The molecular formula is C13H26N2O2S. The van der Waals surface area contributed by atoms with Gasteiger partial charge in [-0.3, -0.25) is 0 Å². The van der Waals surface area contributed by atoms with Crippen LogP contribution in [-0.2, 0) is 9.84 Å². The highest BCUT2D eigenvalue weighted by Gasteiger charge is 2.35. The summed E-state index contributed by atoms with van der Waals surface area (Å²) in [5, 5.41) is 3.33. The molecule has 1 aliphatic carbocycles. The molecule has 5 heteroatoms. The van der Waals surface area contributed by atoms with Crippen molar-refractivity contribution in [2.24, 2.45) is 5.41 Å². The zero-order chi connectivity index (χ0) is 13.1. The van der Waals surface area contributed by atoms with E-state index in [1.54, 1.807) is 0 Å². The monoisotopic (exact) mass is 274 g/mol. The van der Waals surface area contributed by atoms with Crippen LogP contribution in [0.2, 0.25) is 0 Å². The zero-order valence-electron chi connectivity index (χ0n) is 11.5. The van der Waals surface area contributed by atoms with Gasteiger partial charge in [0.1, 0.15) is 0 Å². The Morgan fingerprint density at radius 1 is 1.11 bits per heavy atom. The van der Waals surface area contributed by atoms with Crippen molar-refractivity contribution < 1.29 is 8.42 Å². The van der Waals surface area contributed by atoms with Crippen LogP contribution < -0.4 is 5.32 Å². The van der Waals surface area contributed by atoms with Crippen molar-refractivity contribution in [3.8, 4) is 0 Å². The van der Waals surface area contributed by atoms with Crippen LogP contribution >= 0.6 is 0 Å². The Labute approximate surface area is 111 Å². The number of rotatable bonds is 4. The summed E-state index contributed by atoms with van der Waals surface area (Å²) >= 11 is 0. The van der Waals surface area contributed by atoms with Gasteiger partial charge in [-0.05, 0) is 38.3 Å². The van der Waals surface area contributed by atoms with Gasteiger partial charge in [0.25, 0.3) is 0 Å². The standard InChI is InChI=1S/C13H26N2O2S/c1-14-11-13(5-2-3-6-13)12-15-7-4-9-18(16,17)10-8-15/h14H,2-12H2,1H3. The summed E-state index contributed by atoms with van der Waals surface area (Å²) in [6.07, 6.45) is 6.04. The van der Waals surface area contributed by atoms with Crippen LogP contribution in [0.3, 0.4) is 0 Å². The Morgan fingerprint density at radius 3 is 2.50 bits per heavy atom. The Hall–Kier alpha value is -0.130. The molecule has 1 N–H and O–H groups in total. The Morgan fingerprint density at radius 2 is 1.83 bits per heavy atom. The first-order valence-electron chi connectivity index (χ1n) is 7.13. The predicted molar refractivity (Wildman–Crippen MR) is 74.5 cm³/mol. The van der Waals surface area contributed by atoms with Gasteiger partial charge in [-0.1, -0.05) is 12.8 Å². The first kappa shape index (κ1) is 14.3. The highest BCUT2D eigenvalue weighted by molar-refractivity contribution is 7.91. The summed E-state index contributed by atoms with van der Waals surface area (Å²) in [5.74, 6) is 0.727. The van der Waals surface area contributed by atoms with E-state index in [4.69, 9.17) is 0 Å². The maximum atomic E-state index is 11.6. The van der Waals surface area contributed by atoms with E-state index < -0.39 is 9.84 Å². The van der Waals surface area contributed by atoms with Crippen molar-refractivity contribution in [1.29, 1.82) is 0 Å². The minimum Gasteiger partial charge on any atom is -0.319 e. The lowest BCUT2D eigenvalue weighted by atomic mass is 9.85. The number of sulfone groups is 1. The third-order valence-corrected chi connectivity index (χ3v) is 6.14. The fraction of sp³-hybridized carbons (Fsp3) is 1.00. The normalized spacial score (nSPS) is 28.1. The van der Waals surface area contributed by atoms with Gasteiger partial charge in [0, 0.05) is 19.6 Å². The van der Waals surface area contributed by atoms with Gasteiger partial charge < -0.3 is 10.2 Å². The van der Waals surface area contributed by atoms with Crippen LogP contribution in [0, 0.1) is 5.41 Å². The van der Waals surface area contributed by atoms with E-state index in [2.05, 4.69) is 10.2 Å². The van der Waals surface area contributed by atoms with Crippen molar-refractivity contribution in [2.45, 2.75) is 32.1 Å². The fourth-order valence-corrected chi connectivity index (χ4v) is 4.82. The fourth-order valence-electron chi connectivity index (χ4n) is 3.51. The first-order valence-corrected chi connectivity index (χ1v) is 8.95. The van der Waals surface area contributed by atoms with Crippen molar-refractivity contribution in [3.05, 3.63) is 0 Å². The van der Waals surface area contributed by atoms with Crippen LogP contribution in [0.1, 0.15) is 32.1 Å². The van der Waals surface area contributed by atoms with Crippen LogP contribution in [0.4, 0.5) is 0 Å². The molecule has 106 valence electrons. The van der Waals surface area contributed by atoms with Gasteiger partial charge in [-0.15, -0.1) is 0 Å². The summed E-state index contributed by atoms with van der Waals surface area (Å²) in [6, 6.07) is 0. The molecule has 0 spiro atoms. The predicted octanol–water partition coefficient (Wildman–Crippen LogP) is 0.887. The SMILES string of the molecule is CNCC1(CN2CCCS(=O)(=O)CC2)CCCC1. The van der Waals surface area contributed by atoms with Crippen LogP contribution in [-0.4, -0.2) is 58.1 Å². The molecule has 0 atom stereocenters. The Kier molecular flexibility index (Phi) is 4.67. The number of nitrogens with one attached hydrogen (secondary N) is 1. The van der Waals surface area contributed by atoms with Crippen LogP contribution in [0.25, 0.3) is 0 Å². The van der Waals surface area contributed by atoms with Crippen LogP contribution in [0.5, 0.6) is 0 Å². The number of nitrogens with zero attached hydrogens (tertiary/aromatic N) is 1. The van der Waals surface area contributed by atoms with Crippen molar-refractivity contribution in [1.82, 2.24) is 10.2 Å². The Balaban J connectivity index is 1.95. The number of hydrogen-bond acceptors (Lipinski definition) is 4. The lowest BCUT2D eigenvalue weighted by Gasteiger charge is -2.34. The topological polar surface area (TPSA) is 49.4 Å². The van der Waals surface area contributed by atoms with E-state index in [-0.39, 0.29) is 0 Å². The molecule has 1 aliphatic heterocycles. The van der Waals surface area contributed by atoms with Crippen molar-refractivity contribution in [2.75, 3.05) is 44.7 Å². The molecule has 2 fully saturated rings. The molecule has 4 nitrogen and oxygen atoms in total. The lowest BCUT2D eigenvalue weighted by Crippen LogP contribution is -2.42. The van der Waals surface area contributed by atoms with E-state index in [1.807, 2.05) is 7.05 Å². The summed E-state index contributed by atoms with van der Waals surface area (Å²) in [7, 11) is -0.754. The molecule has 1 saturated heterocycles. The maximum absolute atomic E-state index is 11.6. The summed E-state index contributed by atoms with van der Waals surface area (Å²) in [5.41, 5.74) is 0.392. The maximum Gasteiger partial charge on any atom is 0.151 e. The third-order valence-electron chi connectivity index (χ3n) is 4.42. The molecule has 18 heavy (non-hydrogen) atoms. The molecule has 0 aromatic carbocycles.